The second kappa shape index (κ2) is 73.3. The van der Waals surface area contributed by atoms with Gasteiger partial charge in [-0.3, -0.25) is 37.3 Å². The van der Waals surface area contributed by atoms with Crippen LogP contribution in [0.2, 0.25) is 0 Å². The molecule has 0 amide bonds. The van der Waals surface area contributed by atoms with Crippen molar-refractivity contribution in [1.82, 2.24) is 0 Å². The van der Waals surface area contributed by atoms with Gasteiger partial charge in [-0.15, -0.1) is 0 Å². The van der Waals surface area contributed by atoms with Crippen molar-refractivity contribution >= 4 is 39.5 Å². The Labute approximate surface area is 607 Å². The normalized spacial score (nSPS) is 14.4. The lowest BCUT2D eigenvalue weighted by molar-refractivity contribution is -0.161. The van der Waals surface area contributed by atoms with Crippen molar-refractivity contribution in [3.05, 3.63) is 97.2 Å². The molecule has 0 aromatic carbocycles. The molecule has 0 aromatic heterocycles. The van der Waals surface area contributed by atoms with Crippen LogP contribution in [0.1, 0.15) is 336 Å². The van der Waals surface area contributed by atoms with Gasteiger partial charge in [-0.1, -0.05) is 311 Å². The highest BCUT2D eigenvalue weighted by Gasteiger charge is 2.30. The molecule has 0 aliphatic heterocycles. The Bertz CT molecular complexity index is 2270. The first-order valence-corrected chi connectivity index (χ1v) is 42.5. The Morgan fingerprint density at radius 1 is 0.290 bits per heavy atom. The van der Waals surface area contributed by atoms with Crippen LogP contribution in [0.3, 0.4) is 0 Å². The smallest absolute Gasteiger partial charge is 0.462 e. The van der Waals surface area contributed by atoms with Crippen LogP contribution in [0.15, 0.2) is 97.2 Å². The Kier molecular flexibility index (Phi) is 70.4. The van der Waals surface area contributed by atoms with Crippen LogP contribution in [0.25, 0.3) is 0 Å². The van der Waals surface area contributed by atoms with E-state index in [-0.39, 0.29) is 25.7 Å². The Balaban J connectivity index is 5.36. The molecule has 578 valence electrons. The van der Waals surface area contributed by atoms with E-state index in [1.165, 1.54) is 103 Å². The third kappa shape index (κ3) is 72.3. The molecule has 0 heterocycles. The molecule has 0 aliphatic rings. The number of carbonyl (C=O) groups excluding carboxylic acids is 4. The number of hydrogen-bond acceptors (Lipinski definition) is 15. The number of esters is 4. The summed E-state index contributed by atoms with van der Waals surface area (Å²) in [5, 5.41) is 10.6. The van der Waals surface area contributed by atoms with Crippen LogP contribution < -0.4 is 0 Å². The maximum absolute atomic E-state index is 13.1. The Hall–Kier alpha value is -4.02. The van der Waals surface area contributed by atoms with Crippen LogP contribution in [0, 0.1) is 0 Å². The molecule has 0 saturated heterocycles. The minimum absolute atomic E-state index is 0.0854. The fraction of sp³-hybridized carbons (Fsp3) is 0.753. The number of phosphoric acid groups is 2. The summed E-state index contributed by atoms with van der Waals surface area (Å²) in [7, 11) is -9.96. The minimum Gasteiger partial charge on any atom is -0.462 e. The van der Waals surface area contributed by atoms with Gasteiger partial charge in [-0.05, 0) is 96.3 Å². The molecule has 0 aromatic rings. The largest absolute Gasteiger partial charge is 0.472 e. The summed E-state index contributed by atoms with van der Waals surface area (Å²) in [4.78, 5) is 72.9. The second-order valence-electron chi connectivity index (χ2n) is 26.3. The van der Waals surface area contributed by atoms with E-state index in [0.29, 0.717) is 32.1 Å². The zero-order valence-corrected chi connectivity index (χ0v) is 64.9. The molecule has 0 fully saturated rings. The lowest BCUT2D eigenvalue weighted by Gasteiger charge is -2.21. The predicted molar refractivity (Wildman–Crippen MR) is 409 cm³/mol. The van der Waals surface area contributed by atoms with E-state index in [1.54, 1.807) is 0 Å². The summed E-state index contributed by atoms with van der Waals surface area (Å²) < 4.78 is 68.5. The summed E-state index contributed by atoms with van der Waals surface area (Å²) in [5.74, 6) is -2.23. The number of rotatable bonds is 74. The van der Waals surface area contributed by atoms with Crippen molar-refractivity contribution in [2.45, 2.75) is 354 Å². The number of aliphatic hydroxyl groups is 1. The van der Waals surface area contributed by atoms with Gasteiger partial charge in [-0.25, -0.2) is 9.13 Å². The van der Waals surface area contributed by atoms with Gasteiger partial charge in [0.05, 0.1) is 26.4 Å². The van der Waals surface area contributed by atoms with Crippen LogP contribution in [0.4, 0.5) is 0 Å². The standard InChI is InChI=1S/C81H142O17P2/c1-5-9-13-17-21-25-29-33-35-37-39-43-45-49-53-57-61-65-78(83)91-71-76(97-80(85)67-63-59-55-51-47-41-31-27-23-19-15-11-7-3)73-95-99(87,88)93-69-75(82)70-94-100(89,90)96-74-77(98-81(86)68-64-60-56-52-48-42-32-28-24-20-16-12-8-4)72-92-79(84)66-62-58-54-50-46-44-40-38-36-34-30-26-22-18-14-10-6-2/h9-10,13-14,21-22,25-26,33-36,39,43,49,53,75-77,82H,5-8,11-12,15-20,23-24,27-32,37-38,40-42,44-48,50-52,54-74H2,1-4H3,(H,87,88)(H,89,90)/b13-9-,14-10-,25-21-,26-22-,35-33-,36-34-,43-39-,53-49-. The van der Waals surface area contributed by atoms with Crippen molar-refractivity contribution in [3.8, 4) is 0 Å². The van der Waals surface area contributed by atoms with Crippen molar-refractivity contribution in [2.24, 2.45) is 0 Å². The molecule has 5 atom stereocenters. The molecule has 0 spiro atoms. The van der Waals surface area contributed by atoms with Gasteiger partial charge >= 0.3 is 39.5 Å². The molecule has 0 bridgehead atoms. The zero-order chi connectivity index (χ0) is 73.2. The van der Waals surface area contributed by atoms with Gasteiger partial charge in [0.1, 0.15) is 19.3 Å². The SMILES string of the molecule is CC/C=C\C/C=C\C/C=C\C/C=C\C/C=C\CCCC(=O)OCC(COP(=O)(O)OCC(O)COP(=O)(O)OCC(COC(=O)CCCCCCCCC/C=C\C/C=C\C/C=C\CC)OC(=O)CCCCCCCCCCCCCCC)OC(=O)CCCCCCCCCCCCCCC. The molecule has 3 N–H and O–H groups in total. The molecule has 17 nitrogen and oxygen atoms in total. The molecule has 0 rings (SSSR count). The van der Waals surface area contributed by atoms with Crippen molar-refractivity contribution < 1.29 is 80.2 Å². The Morgan fingerprint density at radius 3 is 0.840 bits per heavy atom. The van der Waals surface area contributed by atoms with Gasteiger partial charge in [0.2, 0.25) is 0 Å². The molecule has 5 unspecified atom stereocenters. The van der Waals surface area contributed by atoms with Crippen LogP contribution in [-0.2, 0) is 65.4 Å². The van der Waals surface area contributed by atoms with Crippen molar-refractivity contribution in [3.63, 3.8) is 0 Å². The molecule has 0 aliphatic carbocycles. The van der Waals surface area contributed by atoms with Gasteiger partial charge in [0, 0.05) is 25.7 Å². The number of ether oxygens (including phenoxy) is 4. The molecular formula is C81H142O17P2. The number of unbranched alkanes of at least 4 members (excludes halogenated alkanes) is 32. The summed E-state index contributed by atoms with van der Waals surface area (Å²) in [6.07, 6.45) is 76.8. The Morgan fingerprint density at radius 2 is 0.530 bits per heavy atom. The number of hydrogen-bond donors (Lipinski definition) is 3. The van der Waals surface area contributed by atoms with Crippen LogP contribution >= 0.6 is 15.6 Å². The summed E-state index contributed by atoms with van der Waals surface area (Å²) in [5.41, 5.74) is 0. The van der Waals surface area contributed by atoms with Gasteiger partial charge in [0.15, 0.2) is 12.2 Å². The fourth-order valence-electron chi connectivity index (χ4n) is 10.6. The van der Waals surface area contributed by atoms with E-state index in [1.807, 2.05) is 12.2 Å². The maximum atomic E-state index is 13.1. The van der Waals surface area contributed by atoms with E-state index in [9.17, 15) is 43.2 Å². The maximum Gasteiger partial charge on any atom is 0.472 e. The molecular weight excluding hydrogens is 1310 g/mol. The summed E-state index contributed by atoms with van der Waals surface area (Å²) in [6, 6.07) is 0. The topological polar surface area (TPSA) is 237 Å². The third-order valence-corrected chi connectivity index (χ3v) is 18.5. The second-order valence-corrected chi connectivity index (χ2v) is 29.2. The van der Waals surface area contributed by atoms with Gasteiger partial charge < -0.3 is 33.8 Å². The van der Waals surface area contributed by atoms with Gasteiger partial charge in [0.25, 0.3) is 0 Å². The number of phosphoric ester groups is 2. The zero-order valence-electron chi connectivity index (χ0n) is 63.1. The fourth-order valence-corrected chi connectivity index (χ4v) is 12.2. The molecule has 100 heavy (non-hydrogen) atoms. The summed E-state index contributed by atoms with van der Waals surface area (Å²) in [6.45, 7) is 4.62. The van der Waals surface area contributed by atoms with Crippen LogP contribution in [0.5, 0.6) is 0 Å². The van der Waals surface area contributed by atoms with E-state index < -0.39 is 97.5 Å². The minimum atomic E-state index is -4.98. The highest BCUT2D eigenvalue weighted by molar-refractivity contribution is 7.47. The van der Waals surface area contributed by atoms with Crippen LogP contribution in [-0.4, -0.2) is 96.7 Å². The van der Waals surface area contributed by atoms with E-state index in [0.717, 1.165) is 148 Å². The van der Waals surface area contributed by atoms with Crippen molar-refractivity contribution in [1.29, 1.82) is 0 Å². The quantitative estimate of drug-likeness (QED) is 0.0169. The lowest BCUT2D eigenvalue weighted by atomic mass is 10.0. The van der Waals surface area contributed by atoms with E-state index in [4.69, 9.17) is 37.0 Å². The number of carbonyl (C=O) groups is 4. The summed E-state index contributed by atoms with van der Waals surface area (Å²) >= 11 is 0. The highest BCUT2D eigenvalue weighted by Crippen LogP contribution is 2.45. The lowest BCUT2D eigenvalue weighted by Crippen LogP contribution is -2.30. The first-order chi connectivity index (χ1) is 48.7. The van der Waals surface area contributed by atoms with Crippen molar-refractivity contribution in [2.75, 3.05) is 39.6 Å². The first kappa shape index (κ1) is 96.0. The number of allylic oxidation sites excluding steroid dienone is 16. The first-order valence-electron chi connectivity index (χ1n) is 39.5. The van der Waals surface area contributed by atoms with Gasteiger partial charge in [-0.2, -0.15) is 0 Å². The third-order valence-electron chi connectivity index (χ3n) is 16.6. The number of aliphatic hydroxyl groups excluding tert-OH is 1. The average molecular weight is 1450 g/mol. The van der Waals surface area contributed by atoms with E-state index >= 15 is 0 Å². The highest BCUT2D eigenvalue weighted by atomic mass is 31.2. The monoisotopic (exact) mass is 1450 g/mol. The average Bonchev–Trinajstić information content (AvgIpc) is 0.943. The van der Waals surface area contributed by atoms with E-state index in [2.05, 4.69) is 113 Å². The molecule has 0 radical (unpaired) electrons. The molecule has 19 heteroatoms. The molecule has 0 saturated carbocycles. The predicted octanol–water partition coefficient (Wildman–Crippen LogP) is 22.8.